The normalized spacial score (nSPS) is 16.6. The van der Waals surface area contributed by atoms with E-state index in [1.807, 2.05) is 19.1 Å². The quantitative estimate of drug-likeness (QED) is 0.574. The SMILES string of the molecule is COc1cccc(CNC(=O)C(=O)NC[C@@H]2OCCCN2S(=O)(=O)c2c(C)cc(C)cc2C)c1. The lowest BCUT2D eigenvalue weighted by molar-refractivity contribution is -0.140. The Hall–Kier alpha value is -2.95. The van der Waals surface area contributed by atoms with Crippen LogP contribution in [0.5, 0.6) is 5.75 Å². The van der Waals surface area contributed by atoms with Crippen molar-refractivity contribution in [2.75, 3.05) is 26.8 Å². The van der Waals surface area contributed by atoms with Crippen LogP contribution in [0.2, 0.25) is 0 Å². The van der Waals surface area contributed by atoms with Crippen LogP contribution in [0.1, 0.15) is 28.7 Å². The van der Waals surface area contributed by atoms with Crippen LogP contribution in [0.25, 0.3) is 0 Å². The molecule has 2 amide bonds. The van der Waals surface area contributed by atoms with Crippen molar-refractivity contribution in [1.82, 2.24) is 14.9 Å². The highest BCUT2D eigenvalue weighted by Gasteiger charge is 2.36. The van der Waals surface area contributed by atoms with E-state index in [1.54, 1.807) is 45.2 Å². The van der Waals surface area contributed by atoms with Crippen molar-refractivity contribution in [2.24, 2.45) is 0 Å². The number of methoxy groups -OCH3 is 1. The predicted octanol–water partition coefficient (Wildman–Crippen LogP) is 1.79. The number of aryl methyl sites for hydroxylation is 3. The number of carbonyl (C=O) groups is 2. The summed E-state index contributed by atoms with van der Waals surface area (Å²) in [6.07, 6.45) is -0.372. The van der Waals surface area contributed by atoms with Gasteiger partial charge in [0.05, 0.1) is 25.2 Å². The molecule has 2 aromatic carbocycles. The second-order valence-electron chi connectivity index (χ2n) is 8.27. The maximum Gasteiger partial charge on any atom is 0.309 e. The van der Waals surface area contributed by atoms with Crippen molar-refractivity contribution in [1.29, 1.82) is 0 Å². The van der Waals surface area contributed by atoms with Gasteiger partial charge in [-0.3, -0.25) is 9.59 Å². The summed E-state index contributed by atoms with van der Waals surface area (Å²) in [5, 5.41) is 5.04. The maximum atomic E-state index is 13.5. The number of amides is 2. The highest BCUT2D eigenvalue weighted by Crippen LogP contribution is 2.28. The summed E-state index contributed by atoms with van der Waals surface area (Å²) in [5.41, 5.74) is 3.07. The van der Waals surface area contributed by atoms with Gasteiger partial charge < -0.3 is 20.1 Å². The molecule has 1 aliphatic heterocycles. The smallest absolute Gasteiger partial charge is 0.309 e. The average Bonchev–Trinajstić information content (AvgIpc) is 2.80. The van der Waals surface area contributed by atoms with Crippen LogP contribution in [0.3, 0.4) is 0 Å². The fourth-order valence-corrected chi connectivity index (χ4v) is 6.08. The standard InChI is InChI=1S/C24H31N3O6S/c1-16-11-17(2)22(18(3)12-16)34(30,31)27-9-6-10-33-21(27)15-26-24(29)23(28)25-14-19-7-5-8-20(13-19)32-4/h5,7-8,11-13,21H,6,9-10,14-15H2,1-4H3,(H,25,28)(H,26,29)/t21-/m0/s1. The van der Waals surface area contributed by atoms with Crippen LogP contribution in [-0.2, 0) is 30.9 Å². The van der Waals surface area contributed by atoms with Crippen molar-refractivity contribution in [3.63, 3.8) is 0 Å². The van der Waals surface area contributed by atoms with E-state index in [0.29, 0.717) is 29.9 Å². The molecule has 0 spiro atoms. The van der Waals surface area contributed by atoms with E-state index in [1.165, 1.54) is 4.31 Å². The number of nitrogens with zero attached hydrogens (tertiary/aromatic N) is 1. The summed E-state index contributed by atoms with van der Waals surface area (Å²) in [6.45, 7) is 6.07. The lowest BCUT2D eigenvalue weighted by atomic mass is 10.1. The van der Waals surface area contributed by atoms with Crippen LogP contribution in [0.15, 0.2) is 41.3 Å². The molecule has 1 atom stereocenters. The number of ether oxygens (including phenoxy) is 2. The van der Waals surface area contributed by atoms with Gasteiger partial charge in [0.1, 0.15) is 12.0 Å². The van der Waals surface area contributed by atoms with Crippen LogP contribution in [0, 0.1) is 20.8 Å². The van der Waals surface area contributed by atoms with Crippen LogP contribution in [-0.4, -0.2) is 57.6 Å². The van der Waals surface area contributed by atoms with E-state index in [0.717, 1.165) is 11.1 Å². The van der Waals surface area contributed by atoms with E-state index in [9.17, 15) is 18.0 Å². The molecule has 0 saturated carbocycles. The van der Waals surface area contributed by atoms with E-state index in [4.69, 9.17) is 9.47 Å². The third-order valence-corrected chi connectivity index (χ3v) is 7.75. The first-order valence-electron chi connectivity index (χ1n) is 11.0. The van der Waals surface area contributed by atoms with Crippen molar-refractivity contribution in [3.8, 4) is 5.75 Å². The zero-order valence-corrected chi connectivity index (χ0v) is 20.7. The molecule has 1 aliphatic rings. The number of nitrogens with one attached hydrogen (secondary N) is 2. The van der Waals surface area contributed by atoms with Crippen molar-refractivity contribution in [2.45, 2.75) is 44.9 Å². The lowest BCUT2D eigenvalue weighted by Gasteiger charge is -2.35. The summed E-state index contributed by atoms with van der Waals surface area (Å²) >= 11 is 0. The highest BCUT2D eigenvalue weighted by molar-refractivity contribution is 7.89. The number of carbonyl (C=O) groups excluding carboxylic acids is 2. The minimum atomic E-state index is -3.87. The van der Waals surface area contributed by atoms with E-state index in [-0.39, 0.29) is 24.5 Å². The van der Waals surface area contributed by atoms with E-state index >= 15 is 0 Å². The fraction of sp³-hybridized carbons (Fsp3) is 0.417. The van der Waals surface area contributed by atoms with Gasteiger partial charge in [-0.15, -0.1) is 0 Å². The van der Waals surface area contributed by atoms with Gasteiger partial charge in [0.2, 0.25) is 10.0 Å². The molecule has 9 nitrogen and oxygen atoms in total. The Balaban J connectivity index is 1.64. The first kappa shape index (κ1) is 25.7. The molecule has 3 rings (SSSR count). The molecule has 2 aromatic rings. The van der Waals surface area contributed by atoms with Gasteiger partial charge in [-0.25, -0.2) is 8.42 Å². The number of sulfonamides is 1. The number of hydrogen-bond acceptors (Lipinski definition) is 6. The van der Waals surface area contributed by atoms with Gasteiger partial charge in [0.25, 0.3) is 0 Å². The van der Waals surface area contributed by atoms with Crippen LogP contribution in [0.4, 0.5) is 0 Å². The first-order valence-corrected chi connectivity index (χ1v) is 12.5. The summed E-state index contributed by atoms with van der Waals surface area (Å²) < 4.78 is 39.0. The van der Waals surface area contributed by atoms with Gasteiger partial charge >= 0.3 is 11.8 Å². The topological polar surface area (TPSA) is 114 Å². The lowest BCUT2D eigenvalue weighted by Crippen LogP contribution is -2.53. The zero-order valence-electron chi connectivity index (χ0n) is 19.9. The van der Waals surface area contributed by atoms with Gasteiger partial charge in [-0.1, -0.05) is 29.8 Å². The van der Waals surface area contributed by atoms with Crippen molar-refractivity contribution < 1.29 is 27.5 Å². The molecule has 0 aromatic heterocycles. The summed E-state index contributed by atoms with van der Waals surface area (Å²) in [7, 11) is -2.32. The summed E-state index contributed by atoms with van der Waals surface area (Å²) in [5.74, 6) is -1.04. The van der Waals surface area contributed by atoms with Gasteiger partial charge in [-0.05, 0) is 56.0 Å². The molecule has 1 heterocycles. The molecule has 0 unspecified atom stereocenters. The maximum absolute atomic E-state index is 13.5. The molecule has 0 bridgehead atoms. The molecule has 34 heavy (non-hydrogen) atoms. The number of benzene rings is 2. The van der Waals surface area contributed by atoms with Gasteiger partial charge in [0, 0.05) is 13.1 Å². The minimum Gasteiger partial charge on any atom is -0.497 e. The second-order valence-corrected chi connectivity index (χ2v) is 10.1. The zero-order chi connectivity index (χ0) is 24.9. The Morgan fingerprint density at radius 3 is 2.44 bits per heavy atom. The minimum absolute atomic E-state index is 0.144. The highest BCUT2D eigenvalue weighted by atomic mass is 32.2. The molecule has 0 aliphatic carbocycles. The number of hydrogen-bond donors (Lipinski definition) is 2. The number of rotatable bonds is 7. The molecular weight excluding hydrogens is 458 g/mol. The van der Waals surface area contributed by atoms with E-state index in [2.05, 4.69) is 10.6 Å². The van der Waals surface area contributed by atoms with E-state index < -0.39 is 28.1 Å². The second kappa shape index (κ2) is 11.0. The molecule has 1 saturated heterocycles. The Kier molecular flexibility index (Phi) is 8.29. The van der Waals surface area contributed by atoms with Gasteiger partial charge in [0.15, 0.2) is 0 Å². The summed E-state index contributed by atoms with van der Waals surface area (Å²) in [4.78, 5) is 24.8. The Bertz CT molecular complexity index is 1140. The largest absolute Gasteiger partial charge is 0.497 e. The third kappa shape index (κ3) is 5.94. The van der Waals surface area contributed by atoms with Gasteiger partial charge in [-0.2, -0.15) is 4.31 Å². The average molecular weight is 490 g/mol. The molecule has 10 heteroatoms. The summed E-state index contributed by atoms with van der Waals surface area (Å²) in [6, 6.07) is 10.8. The molecule has 2 N–H and O–H groups in total. The van der Waals surface area contributed by atoms with Crippen molar-refractivity contribution in [3.05, 3.63) is 58.7 Å². The Morgan fingerprint density at radius 1 is 1.09 bits per heavy atom. The first-order chi connectivity index (χ1) is 16.1. The van der Waals surface area contributed by atoms with Crippen LogP contribution < -0.4 is 15.4 Å². The third-order valence-electron chi connectivity index (χ3n) is 5.56. The molecule has 184 valence electrons. The molecular formula is C24H31N3O6S. The monoisotopic (exact) mass is 489 g/mol. The molecule has 0 radical (unpaired) electrons. The Morgan fingerprint density at radius 2 is 1.76 bits per heavy atom. The Labute approximate surface area is 200 Å². The van der Waals surface area contributed by atoms with Crippen LogP contribution >= 0.6 is 0 Å². The predicted molar refractivity (Wildman–Crippen MR) is 127 cm³/mol. The fourth-order valence-electron chi connectivity index (χ4n) is 4.10. The van der Waals surface area contributed by atoms with Crippen molar-refractivity contribution >= 4 is 21.8 Å². The molecule has 1 fully saturated rings.